The topological polar surface area (TPSA) is 61.0 Å². The lowest BCUT2D eigenvalue weighted by atomic mass is 10.1. The maximum atomic E-state index is 9.63. The molecule has 1 aromatic rings. The van der Waals surface area contributed by atoms with E-state index < -0.39 is 0 Å². The van der Waals surface area contributed by atoms with Gasteiger partial charge in [0.05, 0.1) is 12.4 Å². The fourth-order valence-corrected chi connectivity index (χ4v) is 2.37. The van der Waals surface area contributed by atoms with E-state index in [1.165, 1.54) is 0 Å². The van der Waals surface area contributed by atoms with Crippen molar-refractivity contribution < 1.29 is 9.52 Å². The predicted octanol–water partition coefficient (Wildman–Crippen LogP) is 2.50. The quantitative estimate of drug-likeness (QED) is 0.436. The van der Waals surface area contributed by atoms with Gasteiger partial charge in [0.15, 0.2) is 5.96 Å². The number of hydrogen-bond acceptors (Lipinski definition) is 3. The number of aliphatic imine (C=N–C) groups is 1. The van der Waals surface area contributed by atoms with Crippen LogP contribution in [0.5, 0.6) is 0 Å². The van der Waals surface area contributed by atoms with Gasteiger partial charge in [-0.3, -0.25) is 4.99 Å². The molecule has 1 fully saturated rings. The maximum Gasteiger partial charge on any atom is 0.193 e. The molecular formula is C16H28IN3O2. The molecule has 0 aliphatic carbocycles. The average Bonchev–Trinajstić information content (AvgIpc) is 2.97. The number of piperidine rings is 1. The van der Waals surface area contributed by atoms with Crippen LogP contribution in [0.2, 0.25) is 0 Å². The minimum atomic E-state index is -0.157. The molecule has 2 N–H and O–H groups in total. The molecule has 0 spiro atoms. The molecule has 6 heteroatoms. The molecule has 0 amide bonds. The fraction of sp³-hybridized carbons (Fsp3) is 0.688. The van der Waals surface area contributed by atoms with Crippen molar-refractivity contribution in [2.45, 2.75) is 39.2 Å². The normalized spacial score (nSPS) is 16.7. The number of aliphatic hydroxyl groups is 1. The Morgan fingerprint density at radius 1 is 1.45 bits per heavy atom. The minimum absolute atomic E-state index is 0. The molecule has 2 heterocycles. The largest absolute Gasteiger partial charge is 0.469 e. The summed E-state index contributed by atoms with van der Waals surface area (Å²) in [5.74, 6) is 2.49. The summed E-state index contributed by atoms with van der Waals surface area (Å²) in [6.45, 7) is 7.71. The van der Waals surface area contributed by atoms with Crippen LogP contribution >= 0.6 is 24.0 Å². The van der Waals surface area contributed by atoms with Gasteiger partial charge in [0, 0.05) is 32.6 Å². The third-order valence-corrected chi connectivity index (χ3v) is 3.60. The van der Waals surface area contributed by atoms with E-state index in [1.54, 1.807) is 6.26 Å². The van der Waals surface area contributed by atoms with Crippen LogP contribution in [0.4, 0.5) is 0 Å². The Hall–Kier alpha value is -0.760. The number of nitrogens with zero attached hydrogens (tertiary/aromatic N) is 2. The Balaban J connectivity index is 0.00000242. The number of guanidine groups is 1. The van der Waals surface area contributed by atoms with Crippen molar-refractivity contribution in [3.05, 3.63) is 24.2 Å². The monoisotopic (exact) mass is 421 g/mol. The zero-order valence-electron chi connectivity index (χ0n) is 13.5. The van der Waals surface area contributed by atoms with Crippen LogP contribution in [0.1, 0.15) is 32.4 Å². The van der Waals surface area contributed by atoms with Crippen molar-refractivity contribution in [1.29, 1.82) is 0 Å². The third-order valence-electron chi connectivity index (χ3n) is 3.60. The van der Waals surface area contributed by atoms with Gasteiger partial charge in [-0.25, -0.2) is 0 Å². The summed E-state index contributed by atoms with van der Waals surface area (Å²) in [6, 6.07) is 3.90. The molecule has 0 aromatic carbocycles. The molecule has 0 saturated carbocycles. The lowest BCUT2D eigenvalue weighted by Crippen LogP contribution is -2.47. The summed E-state index contributed by atoms with van der Waals surface area (Å²) < 4.78 is 5.35. The van der Waals surface area contributed by atoms with Crippen LogP contribution in [0.15, 0.2) is 27.8 Å². The molecule has 126 valence electrons. The third kappa shape index (κ3) is 6.56. The van der Waals surface area contributed by atoms with E-state index in [0.29, 0.717) is 5.92 Å². The summed E-state index contributed by atoms with van der Waals surface area (Å²) in [6.07, 6.45) is 4.04. The van der Waals surface area contributed by atoms with Gasteiger partial charge in [-0.2, -0.15) is 0 Å². The summed E-state index contributed by atoms with van der Waals surface area (Å²) in [7, 11) is 0. The van der Waals surface area contributed by atoms with E-state index in [1.807, 2.05) is 12.1 Å². The second-order valence-electron chi connectivity index (χ2n) is 6.03. The van der Waals surface area contributed by atoms with Gasteiger partial charge in [0.2, 0.25) is 0 Å². The van der Waals surface area contributed by atoms with Crippen LogP contribution < -0.4 is 5.32 Å². The summed E-state index contributed by atoms with van der Waals surface area (Å²) in [4.78, 5) is 6.96. The molecule has 22 heavy (non-hydrogen) atoms. The smallest absolute Gasteiger partial charge is 0.193 e. The molecule has 1 aliphatic rings. The number of nitrogens with one attached hydrogen (secondary N) is 1. The standard InChI is InChI=1S/C16H27N3O2.HI/c1-13(2)12-18-16(19-9-6-14(20)7-10-19)17-8-5-15-4-3-11-21-15;/h3-4,11,13-14,20H,5-10,12H2,1-2H3,(H,17,18);1H. The predicted molar refractivity (Wildman–Crippen MR) is 99.8 cm³/mol. The molecule has 5 nitrogen and oxygen atoms in total. The van der Waals surface area contributed by atoms with Gasteiger partial charge in [-0.05, 0) is 30.9 Å². The molecule has 0 radical (unpaired) electrons. The number of hydrogen-bond donors (Lipinski definition) is 2. The SMILES string of the molecule is CC(C)CN=C(NCCc1ccco1)N1CCC(O)CC1.I. The highest BCUT2D eigenvalue weighted by Gasteiger charge is 2.19. The van der Waals surface area contributed by atoms with E-state index in [-0.39, 0.29) is 30.1 Å². The van der Waals surface area contributed by atoms with Gasteiger partial charge in [-0.15, -0.1) is 24.0 Å². The molecule has 1 aromatic heterocycles. The Kier molecular flexibility index (Phi) is 8.85. The van der Waals surface area contributed by atoms with E-state index in [9.17, 15) is 5.11 Å². The summed E-state index contributed by atoms with van der Waals surface area (Å²) >= 11 is 0. The van der Waals surface area contributed by atoms with E-state index in [2.05, 4.69) is 24.1 Å². The molecule has 1 saturated heterocycles. The number of halogens is 1. The number of rotatable bonds is 5. The van der Waals surface area contributed by atoms with Crippen molar-refractivity contribution in [2.75, 3.05) is 26.2 Å². The Labute approximate surface area is 150 Å². The average molecular weight is 421 g/mol. The summed E-state index contributed by atoms with van der Waals surface area (Å²) in [5, 5.41) is 13.1. The first kappa shape index (κ1) is 19.3. The molecule has 0 bridgehead atoms. The van der Waals surface area contributed by atoms with Crippen LogP contribution in [0.3, 0.4) is 0 Å². The van der Waals surface area contributed by atoms with E-state index in [0.717, 1.165) is 57.2 Å². The van der Waals surface area contributed by atoms with Gasteiger partial charge in [-0.1, -0.05) is 13.8 Å². The van der Waals surface area contributed by atoms with Crippen molar-refractivity contribution >= 4 is 29.9 Å². The molecule has 2 rings (SSSR count). The first-order chi connectivity index (χ1) is 10.1. The van der Waals surface area contributed by atoms with Gasteiger partial charge < -0.3 is 19.7 Å². The zero-order valence-corrected chi connectivity index (χ0v) is 15.8. The lowest BCUT2D eigenvalue weighted by Gasteiger charge is -2.32. The molecular weight excluding hydrogens is 393 g/mol. The van der Waals surface area contributed by atoms with Crippen LogP contribution in [-0.4, -0.2) is 48.2 Å². The second-order valence-corrected chi connectivity index (χ2v) is 6.03. The Morgan fingerprint density at radius 2 is 2.18 bits per heavy atom. The van der Waals surface area contributed by atoms with Crippen molar-refractivity contribution in [1.82, 2.24) is 10.2 Å². The van der Waals surface area contributed by atoms with Gasteiger partial charge in [0.1, 0.15) is 5.76 Å². The first-order valence-electron chi connectivity index (χ1n) is 7.89. The molecule has 0 unspecified atom stereocenters. The number of furan rings is 1. The Bertz CT molecular complexity index is 427. The van der Waals surface area contributed by atoms with E-state index >= 15 is 0 Å². The molecule has 1 aliphatic heterocycles. The zero-order chi connectivity index (χ0) is 15.1. The highest BCUT2D eigenvalue weighted by molar-refractivity contribution is 14.0. The van der Waals surface area contributed by atoms with Crippen LogP contribution in [0, 0.1) is 5.92 Å². The first-order valence-corrected chi connectivity index (χ1v) is 7.89. The highest BCUT2D eigenvalue weighted by Crippen LogP contribution is 2.10. The molecule has 0 atom stereocenters. The van der Waals surface area contributed by atoms with Crippen LogP contribution in [-0.2, 0) is 6.42 Å². The van der Waals surface area contributed by atoms with Crippen LogP contribution in [0.25, 0.3) is 0 Å². The van der Waals surface area contributed by atoms with Crippen molar-refractivity contribution in [3.63, 3.8) is 0 Å². The van der Waals surface area contributed by atoms with E-state index in [4.69, 9.17) is 9.41 Å². The van der Waals surface area contributed by atoms with Gasteiger partial charge in [0.25, 0.3) is 0 Å². The highest BCUT2D eigenvalue weighted by atomic mass is 127. The number of likely N-dealkylation sites (tertiary alicyclic amines) is 1. The van der Waals surface area contributed by atoms with Gasteiger partial charge >= 0.3 is 0 Å². The fourth-order valence-electron chi connectivity index (χ4n) is 2.37. The van der Waals surface area contributed by atoms with Crippen molar-refractivity contribution in [3.8, 4) is 0 Å². The summed E-state index contributed by atoms with van der Waals surface area (Å²) in [5.41, 5.74) is 0. The maximum absolute atomic E-state index is 9.63. The van der Waals surface area contributed by atoms with Crippen molar-refractivity contribution in [2.24, 2.45) is 10.9 Å². The lowest BCUT2D eigenvalue weighted by molar-refractivity contribution is 0.108. The number of aliphatic hydroxyl groups excluding tert-OH is 1. The minimum Gasteiger partial charge on any atom is -0.469 e. The Morgan fingerprint density at radius 3 is 2.77 bits per heavy atom. The second kappa shape index (κ2) is 10.1.